The van der Waals surface area contributed by atoms with E-state index in [4.69, 9.17) is 10.8 Å². The van der Waals surface area contributed by atoms with Crippen molar-refractivity contribution in [3.05, 3.63) is 71.8 Å². The summed E-state index contributed by atoms with van der Waals surface area (Å²) in [7, 11) is 0. The fraction of sp³-hybridized carbons (Fsp3) is 0.531. The number of hydrogen-bond donors (Lipinski definition) is 11. The summed E-state index contributed by atoms with van der Waals surface area (Å²) in [6.07, 6.45) is 1.27. The molecule has 0 bridgehead atoms. The second-order valence-electron chi connectivity index (χ2n) is 17.3. The molecule has 7 atom stereocenters. The lowest BCUT2D eigenvalue weighted by Crippen LogP contribution is -2.56. The van der Waals surface area contributed by atoms with E-state index in [0.717, 1.165) is 24.0 Å². The SMILES string of the molecule is C[C@H](CS)NC(=O)[C@H](CC(=O)O)NC(=O)[C@@H](N)CNC(=O)[C@@H](CC(=O)[C@H](Cc1ccccc1)NC(=O)CCCCCCCCC(=O)CC[C@H](NC(=O)N[C@@H](CCC(=O)O)OC=O)C(=O)O)Cc1ccccc1. The molecule has 0 heterocycles. The molecule has 6 amide bonds. The van der Waals surface area contributed by atoms with Crippen LogP contribution < -0.4 is 37.6 Å². The van der Waals surface area contributed by atoms with Crippen LogP contribution in [0.15, 0.2) is 60.7 Å². The van der Waals surface area contributed by atoms with Gasteiger partial charge in [0, 0.05) is 56.4 Å². The average Bonchev–Trinajstić information content (AvgIpc) is 3.34. The fourth-order valence-electron chi connectivity index (χ4n) is 7.25. The quantitative estimate of drug-likeness (QED) is 0.0198. The lowest BCUT2D eigenvalue weighted by molar-refractivity contribution is -0.141. The number of amides is 6. The number of thiol groups is 1. The molecule has 2 aromatic rings. The third-order valence-corrected chi connectivity index (χ3v) is 11.8. The van der Waals surface area contributed by atoms with E-state index < -0.39 is 109 Å². The molecule has 0 saturated carbocycles. The summed E-state index contributed by atoms with van der Waals surface area (Å²) in [4.78, 5) is 136. The number of ketones is 2. The van der Waals surface area contributed by atoms with Gasteiger partial charge in [-0.2, -0.15) is 12.6 Å². The van der Waals surface area contributed by atoms with Gasteiger partial charge in [-0.3, -0.25) is 43.2 Å². The maximum absolute atomic E-state index is 14.1. The van der Waals surface area contributed by atoms with Crippen LogP contribution in [0.4, 0.5) is 4.79 Å². The van der Waals surface area contributed by atoms with Crippen LogP contribution in [-0.4, -0.2) is 130 Å². The predicted molar refractivity (Wildman–Crippen MR) is 264 cm³/mol. The third-order valence-electron chi connectivity index (χ3n) is 11.2. The van der Waals surface area contributed by atoms with E-state index >= 15 is 0 Å². The van der Waals surface area contributed by atoms with Crippen molar-refractivity contribution < 1.29 is 72.8 Å². The number of hydrogen-bond acceptors (Lipinski definition) is 14. The number of nitrogens with one attached hydrogen (secondary N) is 6. The van der Waals surface area contributed by atoms with Gasteiger partial charge in [0.05, 0.1) is 18.9 Å². The first-order valence-electron chi connectivity index (χ1n) is 23.8. The molecule has 0 aliphatic carbocycles. The van der Waals surface area contributed by atoms with Crippen molar-refractivity contribution in [2.45, 2.75) is 146 Å². The van der Waals surface area contributed by atoms with Crippen LogP contribution >= 0.6 is 12.6 Å². The number of aliphatic carboxylic acids is 3. The molecule has 0 saturated heterocycles. The number of urea groups is 1. The van der Waals surface area contributed by atoms with Gasteiger partial charge in [0.2, 0.25) is 23.6 Å². The average molecular weight is 1030 g/mol. The van der Waals surface area contributed by atoms with Crippen molar-refractivity contribution in [3.8, 4) is 0 Å². The molecule has 2 aromatic carbocycles. The highest BCUT2D eigenvalue weighted by Gasteiger charge is 2.31. The number of nitrogens with two attached hydrogens (primary N) is 1. The lowest BCUT2D eigenvalue weighted by Gasteiger charge is -2.23. The Hall–Kier alpha value is -6.88. The van der Waals surface area contributed by atoms with Crippen LogP contribution in [0, 0.1) is 5.92 Å². The molecular formula is C49H69N7O15S. The van der Waals surface area contributed by atoms with Crippen LogP contribution in [0.25, 0.3) is 0 Å². The topological polar surface area (TPSA) is 356 Å². The van der Waals surface area contributed by atoms with E-state index in [0.29, 0.717) is 25.7 Å². The molecule has 0 aliphatic heterocycles. The number of carboxylic acid groups (broad SMARTS) is 3. The molecule has 23 heteroatoms. The minimum Gasteiger partial charge on any atom is -0.481 e. The molecule has 396 valence electrons. The second-order valence-corrected chi connectivity index (χ2v) is 17.7. The summed E-state index contributed by atoms with van der Waals surface area (Å²) >= 11 is 4.10. The molecule has 0 fully saturated rings. The zero-order chi connectivity index (χ0) is 53.4. The monoisotopic (exact) mass is 1030 g/mol. The Labute approximate surface area is 423 Å². The number of unbranched alkanes of at least 4 members (excludes halogenated alkanes) is 5. The predicted octanol–water partition coefficient (Wildman–Crippen LogP) is 1.96. The summed E-state index contributed by atoms with van der Waals surface area (Å²) in [5.41, 5.74) is 7.61. The van der Waals surface area contributed by atoms with Gasteiger partial charge in [0.1, 0.15) is 23.9 Å². The Kier molecular flexibility index (Phi) is 29.3. The Morgan fingerprint density at radius 3 is 1.79 bits per heavy atom. The van der Waals surface area contributed by atoms with Crippen LogP contribution in [-0.2, 0) is 65.5 Å². The Morgan fingerprint density at radius 2 is 1.22 bits per heavy atom. The summed E-state index contributed by atoms with van der Waals surface area (Å²) in [6.45, 7) is 1.27. The van der Waals surface area contributed by atoms with Crippen molar-refractivity contribution >= 4 is 78.2 Å². The van der Waals surface area contributed by atoms with Crippen molar-refractivity contribution in [1.82, 2.24) is 31.9 Å². The van der Waals surface area contributed by atoms with Crippen LogP contribution in [0.3, 0.4) is 0 Å². The number of rotatable bonds is 38. The number of Topliss-reactive ketones (excluding diaryl/α,β-unsaturated/α-hetero) is 2. The van der Waals surface area contributed by atoms with E-state index in [1.54, 1.807) is 49.4 Å². The normalized spacial score (nSPS) is 13.8. The van der Waals surface area contributed by atoms with E-state index in [1.165, 1.54) is 0 Å². The number of carbonyl (C=O) groups is 11. The minimum absolute atomic E-state index is 0.0193. The van der Waals surface area contributed by atoms with Crippen molar-refractivity contribution in [2.75, 3.05) is 12.3 Å². The summed E-state index contributed by atoms with van der Waals surface area (Å²) in [5.74, 6) is -7.79. The number of carbonyl (C=O) groups excluding carboxylic acids is 8. The molecule has 11 N–H and O–H groups in total. The molecule has 22 nitrogen and oxygen atoms in total. The molecule has 0 aromatic heterocycles. The first-order valence-corrected chi connectivity index (χ1v) is 24.4. The summed E-state index contributed by atoms with van der Waals surface area (Å²) in [5, 5.41) is 42.4. The third kappa shape index (κ3) is 26.4. The maximum Gasteiger partial charge on any atom is 0.326 e. The zero-order valence-corrected chi connectivity index (χ0v) is 41.3. The molecule has 0 radical (unpaired) electrons. The van der Waals surface area contributed by atoms with Crippen molar-refractivity contribution in [2.24, 2.45) is 11.7 Å². The number of benzene rings is 2. The zero-order valence-electron chi connectivity index (χ0n) is 40.4. The smallest absolute Gasteiger partial charge is 0.326 e. The Balaban J connectivity index is 1.93. The summed E-state index contributed by atoms with van der Waals surface area (Å²) < 4.78 is 4.62. The van der Waals surface area contributed by atoms with Gasteiger partial charge in [-0.05, 0) is 50.2 Å². The van der Waals surface area contributed by atoms with Gasteiger partial charge < -0.3 is 57.7 Å². The molecule has 72 heavy (non-hydrogen) atoms. The molecule has 0 spiro atoms. The van der Waals surface area contributed by atoms with Gasteiger partial charge in [-0.25, -0.2) is 9.59 Å². The maximum atomic E-state index is 14.1. The van der Waals surface area contributed by atoms with Crippen LogP contribution in [0.5, 0.6) is 0 Å². The highest BCUT2D eigenvalue weighted by molar-refractivity contribution is 7.80. The van der Waals surface area contributed by atoms with E-state index in [2.05, 4.69) is 49.3 Å². The largest absolute Gasteiger partial charge is 0.481 e. The van der Waals surface area contributed by atoms with Gasteiger partial charge in [0.25, 0.3) is 6.47 Å². The molecule has 0 unspecified atom stereocenters. The number of carboxylic acids is 3. The van der Waals surface area contributed by atoms with E-state index in [-0.39, 0.29) is 75.3 Å². The van der Waals surface area contributed by atoms with E-state index in [1.807, 2.05) is 18.2 Å². The first-order chi connectivity index (χ1) is 34.3. The molecule has 0 aliphatic rings. The Morgan fingerprint density at radius 1 is 0.625 bits per heavy atom. The first kappa shape index (κ1) is 61.2. The van der Waals surface area contributed by atoms with Gasteiger partial charge in [0.15, 0.2) is 12.0 Å². The minimum atomic E-state index is -1.44. The van der Waals surface area contributed by atoms with E-state index in [9.17, 15) is 63.0 Å². The lowest BCUT2D eigenvalue weighted by atomic mass is 9.89. The van der Waals surface area contributed by atoms with Gasteiger partial charge in [-0.1, -0.05) is 86.3 Å². The van der Waals surface area contributed by atoms with Crippen molar-refractivity contribution in [1.29, 1.82) is 0 Å². The van der Waals surface area contributed by atoms with Crippen molar-refractivity contribution in [3.63, 3.8) is 0 Å². The molecular weight excluding hydrogens is 959 g/mol. The van der Waals surface area contributed by atoms with Crippen LogP contribution in [0.1, 0.15) is 108 Å². The van der Waals surface area contributed by atoms with Gasteiger partial charge >= 0.3 is 23.9 Å². The second kappa shape index (κ2) is 34.4. The molecule has 2 rings (SSSR count). The highest BCUT2D eigenvalue weighted by Crippen LogP contribution is 2.17. The standard InChI is InChI=1S/C49H69N7O15S/c1-31(29-72)52-47(67)39(27-44(63)64)54-46(66)36(50)28-51-45(65)34(24-32-14-8-6-9-15-32)26-40(59)38(25-33-16-10-7-11-17-33)53-41(60)19-13-5-3-2-4-12-18-35(58)20-21-37(48(68)69)55-49(70)56-42(71-30-57)22-23-43(61)62/h6-11,14-17,30-31,34,36-39,42,72H,2-5,12-13,18-29,50H2,1H3,(H,51,65)(H,52,67)(H,53,60)(H,54,66)(H,61,62)(H,63,64)(H,68,69)(H2,55,56,70)/t31-,34-,36+,37+,38+,39+,42-/m1/s1. The Bertz CT molecular complexity index is 2100. The van der Waals surface area contributed by atoms with Gasteiger partial charge in [-0.15, -0.1) is 0 Å². The number of ether oxygens (including phenoxy) is 1. The summed E-state index contributed by atoms with van der Waals surface area (Å²) in [6, 6.07) is 11.3. The fourth-order valence-corrected chi connectivity index (χ4v) is 7.34. The van der Waals surface area contributed by atoms with Crippen LogP contribution in [0.2, 0.25) is 0 Å². The highest BCUT2D eigenvalue weighted by atomic mass is 32.1.